The zero-order chi connectivity index (χ0) is 7.98. The normalized spacial score (nSPS) is 8.40. The minimum Gasteiger partial charge on any atom is -0.329 e. The molecule has 4 heteroatoms. The van der Waals surface area contributed by atoms with Gasteiger partial charge in [0.15, 0.2) is 0 Å². The van der Waals surface area contributed by atoms with E-state index in [4.69, 9.17) is 5.26 Å². The first-order chi connectivity index (χ1) is 4.72. The van der Waals surface area contributed by atoms with Crippen molar-refractivity contribution in [3.63, 3.8) is 0 Å². The highest BCUT2D eigenvalue weighted by Gasteiger charge is 2.05. The first-order valence-corrected chi connectivity index (χ1v) is 3.46. The third-order valence-corrected chi connectivity index (χ3v) is 1.39. The number of carbonyl (C=O) groups is 1. The lowest BCUT2D eigenvalue weighted by atomic mass is 10.4. The third-order valence-electron chi connectivity index (χ3n) is 1.13. The second-order valence-electron chi connectivity index (χ2n) is 1.75. The first-order valence-electron chi connectivity index (χ1n) is 3.05. The van der Waals surface area contributed by atoms with Gasteiger partial charge in [-0.1, -0.05) is 0 Å². The maximum Gasteiger partial charge on any atom is 0.313 e. The van der Waals surface area contributed by atoms with Gasteiger partial charge < -0.3 is 4.90 Å². The Morgan fingerprint density at radius 2 is 2.40 bits per heavy atom. The van der Waals surface area contributed by atoms with Crippen molar-refractivity contribution < 1.29 is 4.79 Å². The van der Waals surface area contributed by atoms with Crippen LogP contribution in [-0.2, 0) is 0 Å². The standard InChI is InChI=1S/C6H9N2OS/c1-2-8(6(9)10)5-3-4-7/h2-3,5H2,1H3. The van der Waals surface area contributed by atoms with E-state index in [2.05, 4.69) is 12.6 Å². The molecule has 0 aliphatic carbocycles. The van der Waals surface area contributed by atoms with Gasteiger partial charge in [-0.15, -0.1) is 0 Å². The van der Waals surface area contributed by atoms with E-state index in [1.54, 1.807) is 0 Å². The molecular weight excluding hydrogens is 148 g/mol. The molecule has 0 spiro atoms. The Hall–Kier alpha value is -0.820. The van der Waals surface area contributed by atoms with Gasteiger partial charge in [0.1, 0.15) is 0 Å². The summed E-state index contributed by atoms with van der Waals surface area (Å²) in [5, 5.41) is 7.79. The molecule has 0 heterocycles. The molecule has 55 valence electrons. The number of rotatable bonds is 3. The molecule has 0 aliphatic rings. The molecule has 0 rings (SSSR count). The molecule has 0 N–H and O–H groups in total. The van der Waals surface area contributed by atoms with Crippen LogP contribution in [0.15, 0.2) is 0 Å². The fourth-order valence-corrected chi connectivity index (χ4v) is 0.784. The van der Waals surface area contributed by atoms with Gasteiger partial charge in [-0.3, -0.25) is 4.79 Å². The molecular formula is C6H9N2OS. The average molecular weight is 157 g/mol. The van der Waals surface area contributed by atoms with E-state index in [0.29, 0.717) is 19.5 Å². The highest BCUT2D eigenvalue weighted by Crippen LogP contribution is 1.95. The van der Waals surface area contributed by atoms with E-state index < -0.39 is 0 Å². The summed E-state index contributed by atoms with van der Waals surface area (Å²) >= 11 is 4.39. The van der Waals surface area contributed by atoms with E-state index in [0.717, 1.165) is 0 Å². The maximum atomic E-state index is 10.5. The predicted molar refractivity (Wildman–Crippen MR) is 40.5 cm³/mol. The van der Waals surface area contributed by atoms with E-state index in [-0.39, 0.29) is 5.24 Å². The zero-order valence-corrected chi connectivity index (χ0v) is 6.65. The molecule has 1 radical (unpaired) electrons. The van der Waals surface area contributed by atoms with Crippen molar-refractivity contribution in [1.29, 1.82) is 5.26 Å². The van der Waals surface area contributed by atoms with Crippen LogP contribution in [-0.4, -0.2) is 23.2 Å². The van der Waals surface area contributed by atoms with Crippen molar-refractivity contribution >= 4 is 17.9 Å². The Morgan fingerprint density at radius 1 is 1.80 bits per heavy atom. The van der Waals surface area contributed by atoms with Gasteiger partial charge in [-0.2, -0.15) is 5.26 Å². The first kappa shape index (κ1) is 9.18. The van der Waals surface area contributed by atoms with Gasteiger partial charge in [0, 0.05) is 13.1 Å². The van der Waals surface area contributed by atoms with Crippen LogP contribution in [0.25, 0.3) is 0 Å². The fraction of sp³-hybridized carbons (Fsp3) is 0.667. The Balaban J connectivity index is 3.63. The van der Waals surface area contributed by atoms with Crippen molar-refractivity contribution in [2.45, 2.75) is 13.3 Å². The molecule has 0 bridgehead atoms. The molecule has 10 heavy (non-hydrogen) atoms. The van der Waals surface area contributed by atoms with E-state index >= 15 is 0 Å². The zero-order valence-electron chi connectivity index (χ0n) is 5.83. The number of hydrogen-bond donors (Lipinski definition) is 0. The average Bonchev–Trinajstić information content (AvgIpc) is 1.89. The fourth-order valence-electron chi connectivity index (χ4n) is 0.563. The Bertz CT molecular complexity index is 152. The van der Waals surface area contributed by atoms with Crippen molar-refractivity contribution in [3.05, 3.63) is 0 Å². The summed E-state index contributed by atoms with van der Waals surface area (Å²) in [6, 6.07) is 1.95. The summed E-state index contributed by atoms with van der Waals surface area (Å²) in [6.45, 7) is 2.88. The number of amides is 1. The Labute approximate surface area is 66.0 Å². The number of nitriles is 1. The summed E-state index contributed by atoms with van der Waals surface area (Å²) < 4.78 is 0. The van der Waals surface area contributed by atoms with Crippen LogP contribution in [0.5, 0.6) is 0 Å². The van der Waals surface area contributed by atoms with Crippen molar-refractivity contribution in [1.82, 2.24) is 4.90 Å². The van der Waals surface area contributed by atoms with Gasteiger partial charge >= 0.3 is 5.24 Å². The molecule has 0 saturated heterocycles. The van der Waals surface area contributed by atoms with Crippen LogP contribution in [0.4, 0.5) is 4.79 Å². The molecule has 0 unspecified atom stereocenters. The van der Waals surface area contributed by atoms with Crippen LogP contribution >= 0.6 is 12.6 Å². The Morgan fingerprint density at radius 3 is 2.70 bits per heavy atom. The molecule has 0 atom stereocenters. The van der Waals surface area contributed by atoms with E-state index in [1.807, 2.05) is 13.0 Å². The molecule has 1 amide bonds. The van der Waals surface area contributed by atoms with Gasteiger partial charge in [0.25, 0.3) is 0 Å². The second-order valence-corrected chi connectivity index (χ2v) is 2.10. The highest BCUT2D eigenvalue weighted by molar-refractivity contribution is 7.96. The summed E-state index contributed by atoms with van der Waals surface area (Å²) in [4.78, 5) is 12.0. The minimum atomic E-state index is -0.377. The molecule has 0 aromatic carbocycles. The molecule has 0 aromatic heterocycles. The highest BCUT2D eigenvalue weighted by atomic mass is 32.1. The molecule has 0 fully saturated rings. The SMILES string of the molecule is CCN(CCC#N)C(=O)[S]. The minimum absolute atomic E-state index is 0.357. The van der Waals surface area contributed by atoms with Crippen molar-refractivity contribution in [2.75, 3.05) is 13.1 Å². The smallest absolute Gasteiger partial charge is 0.313 e. The summed E-state index contributed by atoms with van der Waals surface area (Å²) in [6.07, 6.45) is 0.357. The van der Waals surface area contributed by atoms with Gasteiger partial charge in [-0.05, 0) is 19.6 Å². The molecule has 0 saturated carbocycles. The Kier molecular flexibility index (Phi) is 4.59. The number of nitrogens with zero attached hydrogens (tertiary/aromatic N) is 2. The van der Waals surface area contributed by atoms with Crippen LogP contribution < -0.4 is 0 Å². The van der Waals surface area contributed by atoms with Crippen LogP contribution in [0.3, 0.4) is 0 Å². The van der Waals surface area contributed by atoms with Crippen LogP contribution in [0, 0.1) is 11.3 Å². The van der Waals surface area contributed by atoms with Gasteiger partial charge in [-0.25, -0.2) is 0 Å². The topological polar surface area (TPSA) is 44.1 Å². The quantitative estimate of drug-likeness (QED) is 0.623. The van der Waals surface area contributed by atoms with Crippen LogP contribution in [0.1, 0.15) is 13.3 Å². The lowest BCUT2D eigenvalue weighted by Crippen LogP contribution is -2.26. The number of hydrogen-bond acceptors (Lipinski definition) is 2. The predicted octanol–water partition coefficient (Wildman–Crippen LogP) is 1.54. The lowest BCUT2D eigenvalue weighted by molar-refractivity contribution is 0.227. The maximum absolute atomic E-state index is 10.5. The summed E-state index contributed by atoms with van der Waals surface area (Å²) in [5.74, 6) is 0. The lowest BCUT2D eigenvalue weighted by Gasteiger charge is -2.14. The summed E-state index contributed by atoms with van der Waals surface area (Å²) in [5.41, 5.74) is 0. The molecule has 0 aliphatic heterocycles. The van der Waals surface area contributed by atoms with Gasteiger partial charge in [0.2, 0.25) is 0 Å². The van der Waals surface area contributed by atoms with Crippen molar-refractivity contribution in [2.24, 2.45) is 0 Å². The largest absolute Gasteiger partial charge is 0.329 e. The van der Waals surface area contributed by atoms with E-state index in [9.17, 15) is 4.79 Å². The second kappa shape index (κ2) is 5.00. The summed E-state index contributed by atoms with van der Waals surface area (Å²) in [7, 11) is 0. The van der Waals surface area contributed by atoms with E-state index in [1.165, 1.54) is 4.90 Å². The monoisotopic (exact) mass is 157 g/mol. The molecule has 3 nitrogen and oxygen atoms in total. The number of carbonyl (C=O) groups excluding carboxylic acids is 1. The van der Waals surface area contributed by atoms with Gasteiger partial charge in [0.05, 0.1) is 12.5 Å². The molecule has 0 aromatic rings. The third kappa shape index (κ3) is 3.25. The van der Waals surface area contributed by atoms with Crippen LogP contribution in [0.2, 0.25) is 0 Å². The van der Waals surface area contributed by atoms with Crippen molar-refractivity contribution in [3.8, 4) is 6.07 Å².